The first-order chi connectivity index (χ1) is 14.7. The van der Waals surface area contributed by atoms with Gasteiger partial charge in [0.1, 0.15) is 11.4 Å². The van der Waals surface area contributed by atoms with E-state index in [4.69, 9.17) is 8.94 Å². The minimum absolute atomic E-state index is 0.0690. The zero-order valence-corrected chi connectivity index (χ0v) is 16.5. The number of likely N-dealkylation sites (tertiary alicyclic amines) is 1. The van der Waals surface area contributed by atoms with Gasteiger partial charge in [-0.15, -0.1) is 0 Å². The molecule has 0 aliphatic carbocycles. The van der Waals surface area contributed by atoms with Crippen molar-refractivity contribution in [2.24, 2.45) is 0 Å². The van der Waals surface area contributed by atoms with Crippen LogP contribution in [0.2, 0.25) is 0 Å². The van der Waals surface area contributed by atoms with Crippen molar-refractivity contribution in [1.82, 2.24) is 25.2 Å². The van der Waals surface area contributed by atoms with Crippen LogP contribution in [0.4, 0.5) is 0 Å². The summed E-state index contributed by atoms with van der Waals surface area (Å²) in [5.74, 6) is 1.61. The predicted octanol–water partition coefficient (Wildman–Crippen LogP) is 3.59. The smallest absolute Gasteiger partial charge is 0.275 e. The maximum atomic E-state index is 12.5. The summed E-state index contributed by atoms with van der Waals surface area (Å²) in [6.45, 7) is 3.36. The number of aryl methyl sites for hydroxylation is 1. The largest absolute Gasteiger partial charge is 0.463 e. The van der Waals surface area contributed by atoms with Crippen molar-refractivity contribution in [3.05, 3.63) is 65.7 Å². The Labute approximate surface area is 172 Å². The van der Waals surface area contributed by atoms with E-state index in [1.54, 1.807) is 18.4 Å². The molecule has 0 bridgehead atoms. The molecule has 1 aliphatic heterocycles. The second-order valence-electron chi connectivity index (χ2n) is 7.58. The van der Waals surface area contributed by atoms with Crippen molar-refractivity contribution in [3.8, 4) is 23.0 Å². The number of amides is 1. The van der Waals surface area contributed by atoms with Crippen LogP contribution in [0.15, 0.2) is 57.7 Å². The Morgan fingerprint density at radius 1 is 1.23 bits per heavy atom. The van der Waals surface area contributed by atoms with Crippen molar-refractivity contribution in [2.45, 2.75) is 25.7 Å². The van der Waals surface area contributed by atoms with Crippen LogP contribution in [0.25, 0.3) is 23.0 Å². The van der Waals surface area contributed by atoms with E-state index in [-0.39, 0.29) is 11.8 Å². The van der Waals surface area contributed by atoms with Crippen LogP contribution in [-0.2, 0) is 11.2 Å². The number of aromatic amines is 1. The van der Waals surface area contributed by atoms with Crippen LogP contribution in [0.3, 0.4) is 0 Å². The molecule has 4 heterocycles. The first-order valence-corrected chi connectivity index (χ1v) is 9.92. The molecule has 1 fully saturated rings. The van der Waals surface area contributed by atoms with Crippen LogP contribution in [0, 0.1) is 6.92 Å². The van der Waals surface area contributed by atoms with Gasteiger partial charge in [0, 0.05) is 31.5 Å². The van der Waals surface area contributed by atoms with Gasteiger partial charge in [0.25, 0.3) is 5.89 Å². The van der Waals surface area contributed by atoms with Crippen molar-refractivity contribution < 1.29 is 13.7 Å². The molecular weight excluding hydrogens is 382 g/mol. The number of furan rings is 1. The maximum Gasteiger partial charge on any atom is 0.275 e. The second-order valence-corrected chi connectivity index (χ2v) is 7.58. The molecule has 1 amide bonds. The maximum absolute atomic E-state index is 12.5. The van der Waals surface area contributed by atoms with E-state index >= 15 is 0 Å². The van der Waals surface area contributed by atoms with E-state index in [2.05, 4.69) is 51.5 Å². The summed E-state index contributed by atoms with van der Waals surface area (Å²) >= 11 is 0. The monoisotopic (exact) mass is 403 g/mol. The van der Waals surface area contributed by atoms with E-state index in [0.29, 0.717) is 48.4 Å². The lowest BCUT2D eigenvalue weighted by Gasteiger charge is -2.16. The van der Waals surface area contributed by atoms with Crippen LogP contribution in [0.5, 0.6) is 0 Å². The zero-order chi connectivity index (χ0) is 20.5. The number of benzene rings is 1. The van der Waals surface area contributed by atoms with Gasteiger partial charge in [-0.05, 0) is 31.0 Å². The highest BCUT2D eigenvalue weighted by Gasteiger charge is 2.33. The minimum Gasteiger partial charge on any atom is -0.463 e. The van der Waals surface area contributed by atoms with Crippen LogP contribution >= 0.6 is 0 Å². The summed E-state index contributed by atoms with van der Waals surface area (Å²) in [6, 6.07) is 13.8. The standard InChI is InChI=1S/C22H21N5O3/c1-14-4-6-15(7-5-14)8-9-27-13-16(11-20(27)28)21-23-22(30-26-21)18-12-17(24-25-18)19-3-2-10-29-19/h2-7,10,12,16H,8-9,11,13H2,1H3,(H,24,25). The molecule has 0 radical (unpaired) electrons. The Balaban J connectivity index is 1.24. The fraction of sp³-hybridized carbons (Fsp3) is 0.273. The van der Waals surface area contributed by atoms with Crippen molar-refractivity contribution in [3.63, 3.8) is 0 Å². The zero-order valence-electron chi connectivity index (χ0n) is 16.5. The third-order valence-corrected chi connectivity index (χ3v) is 5.39. The first-order valence-electron chi connectivity index (χ1n) is 9.92. The molecule has 0 spiro atoms. The molecule has 30 heavy (non-hydrogen) atoms. The van der Waals surface area contributed by atoms with Gasteiger partial charge in [-0.3, -0.25) is 9.89 Å². The Bertz CT molecular complexity index is 1140. The van der Waals surface area contributed by atoms with Gasteiger partial charge in [0.05, 0.1) is 6.26 Å². The number of aromatic nitrogens is 4. The van der Waals surface area contributed by atoms with Crippen LogP contribution in [0.1, 0.15) is 29.3 Å². The lowest BCUT2D eigenvalue weighted by Crippen LogP contribution is -2.27. The van der Waals surface area contributed by atoms with Gasteiger partial charge in [-0.1, -0.05) is 35.0 Å². The van der Waals surface area contributed by atoms with E-state index in [0.717, 1.165) is 6.42 Å². The summed E-state index contributed by atoms with van der Waals surface area (Å²) in [5, 5.41) is 11.2. The summed E-state index contributed by atoms with van der Waals surface area (Å²) in [6.07, 6.45) is 2.82. The SMILES string of the molecule is Cc1ccc(CCN2CC(c3noc(-c4cc(-c5ccco5)n[nH]4)n3)CC2=O)cc1. The number of rotatable bonds is 6. The Morgan fingerprint density at radius 2 is 2.10 bits per heavy atom. The van der Waals surface area contributed by atoms with Crippen molar-refractivity contribution >= 4 is 5.91 Å². The van der Waals surface area contributed by atoms with Crippen molar-refractivity contribution in [2.75, 3.05) is 13.1 Å². The van der Waals surface area contributed by atoms with Gasteiger partial charge in [-0.25, -0.2) is 0 Å². The number of hydrogen-bond donors (Lipinski definition) is 1. The molecule has 1 aliphatic rings. The number of carbonyl (C=O) groups excluding carboxylic acids is 1. The average molecular weight is 403 g/mol. The summed E-state index contributed by atoms with van der Waals surface area (Å²) < 4.78 is 10.8. The number of carbonyl (C=O) groups is 1. The molecule has 1 N–H and O–H groups in total. The molecule has 1 saturated heterocycles. The van der Waals surface area contributed by atoms with Crippen LogP contribution in [-0.4, -0.2) is 44.2 Å². The van der Waals surface area contributed by atoms with E-state index in [1.807, 2.05) is 11.0 Å². The third-order valence-electron chi connectivity index (χ3n) is 5.39. The Morgan fingerprint density at radius 3 is 2.90 bits per heavy atom. The summed E-state index contributed by atoms with van der Waals surface area (Å²) in [4.78, 5) is 18.8. The fourth-order valence-electron chi connectivity index (χ4n) is 3.67. The molecule has 1 unspecified atom stereocenters. The van der Waals surface area contributed by atoms with E-state index in [1.165, 1.54) is 11.1 Å². The Hall–Kier alpha value is -3.68. The van der Waals surface area contributed by atoms with Crippen molar-refractivity contribution in [1.29, 1.82) is 0 Å². The molecule has 1 atom stereocenters. The number of hydrogen-bond acceptors (Lipinski definition) is 6. The number of nitrogens with one attached hydrogen (secondary N) is 1. The normalized spacial score (nSPS) is 16.5. The molecular formula is C22H21N5O3. The third kappa shape index (κ3) is 3.63. The van der Waals surface area contributed by atoms with E-state index < -0.39 is 0 Å². The second kappa shape index (κ2) is 7.62. The van der Waals surface area contributed by atoms with E-state index in [9.17, 15) is 4.79 Å². The van der Waals surface area contributed by atoms with Gasteiger partial charge in [0.15, 0.2) is 11.6 Å². The molecule has 5 rings (SSSR count). The molecule has 152 valence electrons. The molecule has 4 aromatic rings. The van der Waals surface area contributed by atoms with Gasteiger partial charge in [-0.2, -0.15) is 10.1 Å². The number of H-pyrrole nitrogens is 1. The summed E-state index contributed by atoms with van der Waals surface area (Å²) in [7, 11) is 0. The molecule has 1 aromatic carbocycles. The Kier molecular flexibility index (Phi) is 4.66. The highest BCUT2D eigenvalue weighted by molar-refractivity contribution is 5.79. The fourth-order valence-corrected chi connectivity index (χ4v) is 3.67. The van der Waals surface area contributed by atoms with Crippen LogP contribution < -0.4 is 0 Å². The minimum atomic E-state index is -0.0690. The first kappa shape index (κ1) is 18.4. The topological polar surface area (TPSA) is 101 Å². The molecule has 0 saturated carbocycles. The molecule has 8 heteroatoms. The molecule has 8 nitrogen and oxygen atoms in total. The predicted molar refractivity (Wildman–Crippen MR) is 108 cm³/mol. The lowest BCUT2D eigenvalue weighted by molar-refractivity contribution is -0.127. The van der Waals surface area contributed by atoms with Gasteiger partial charge in [0.2, 0.25) is 5.91 Å². The highest BCUT2D eigenvalue weighted by Crippen LogP contribution is 2.29. The highest BCUT2D eigenvalue weighted by atomic mass is 16.5. The summed E-state index contributed by atoms with van der Waals surface area (Å²) in [5.41, 5.74) is 3.73. The van der Waals surface area contributed by atoms with Gasteiger partial charge >= 0.3 is 0 Å². The molecule has 3 aromatic heterocycles. The average Bonchev–Trinajstić information content (AvgIpc) is 3.53. The van der Waals surface area contributed by atoms with Gasteiger partial charge < -0.3 is 13.8 Å². The lowest BCUT2D eigenvalue weighted by atomic mass is 10.1. The quantitative estimate of drug-likeness (QED) is 0.528. The number of nitrogens with zero attached hydrogens (tertiary/aromatic N) is 4.